The number of halogens is 1. The monoisotopic (exact) mass is 422 g/mol. The van der Waals surface area contributed by atoms with Gasteiger partial charge in [-0.05, 0) is 22.6 Å². The maximum atomic E-state index is 10.0. The van der Waals surface area contributed by atoms with Crippen molar-refractivity contribution in [3.63, 3.8) is 0 Å². The summed E-state index contributed by atoms with van der Waals surface area (Å²) in [5.41, 5.74) is 6.28. The first kappa shape index (κ1) is 15.7. The summed E-state index contributed by atoms with van der Waals surface area (Å²) in [6, 6.07) is 0. The molecule has 4 N–H and O–H groups in total. The maximum Gasteiger partial charge on any atom is 0.254 e. The van der Waals surface area contributed by atoms with Crippen molar-refractivity contribution in [2.75, 3.05) is 19.5 Å². The van der Waals surface area contributed by atoms with Gasteiger partial charge in [0.15, 0.2) is 5.65 Å². The molecule has 10 heteroatoms. The number of aliphatic hydroxyl groups excluding tert-OH is 2. The molecule has 1 fully saturated rings. The van der Waals surface area contributed by atoms with Crippen LogP contribution >= 0.6 is 22.6 Å². The van der Waals surface area contributed by atoms with Gasteiger partial charge in [-0.1, -0.05) is 0 Å². The number of methoxy groups -OCH3 is 1. The van der Waals surface area contributed by atoms with Crippen LogP contribution in [0, 0.1) is 3.57 Å². The number of aromatic nitrogens is 3. The zero-order valence-electron chi connectivity index (χ0n) is 11.6. The van der Waals surface area contributed by atoms with Gasteiger partial charge >= 0.3 is 0 Å². The van der Waals surface area contributed by atoms with E-state index in [2.05, 4.69) is 32.6 Å². The van der Waals surface area contributed by atoms with E-state index in [1.54, 1.807) is 6.20 Å². The Morgan fingerprint density at radius 2 is 2.18 bits per heavy atom. The highest BCUT2D eigenvalue weighted by Gasteiger charge is 2.44. The molecule has 1 saturated heterocycles. The average molecular weight is 422 g/mol. The van der Waals surface area contributed by atoms with Crippen molar-refractivity contribution in [3.8, 4) is 0 Å². The molecule has 0 unspecified atom stereocenters. The molecule has 0 spiro atoms. The summed E-state index contributed by atoms with van der Waals surface area (Å²) in [4.78, 5) is 13.7. The summed E-state index contributed by atoms with van der Waals surface area (Å²) in [6.07, 6.45) is -1.02. The highest BCUT2D eigenvalue weighted by Crippen LogP contribution is 2.26. The minimum Gasteiger partial charge on any atom is -0.387 e. The molecule has 3 heterocycles. The third kappa shape index (κ3) is 2.60. The maximum absolute atomic E-state index is 10.0. The van der Waals surface area contributed by atoms with E-state index in [0.717, 1.165) is 3.57 Å². The van der Waals surface area contributed by atoms with E-state index in [-0.39, 0.29) is 6.61 Å². The van der Waals surface area contributed by atoms with Crippen LogP contribution in [0.2, 0.25) is 0 Å². The van der Waals surface area contributed by atoms with Crippen molar-refractivity contribution in [1.82, 2.24) is 14.7 Å². The number of nitrogens with two attached hydrogens (primary N) is 1. The Labute approximate surface area is 139 Å². The van der Waals surface area contributed by atoms with E-state index >= 15 is 0 Å². The number of nitrogen functional groups attached to an aromatic ring is 1. The lowest BCUT2D eigenvalue weighted by atomic mass is 10.1. The summed E-state index contributed by atoms with van der Waals surface area (Å²) in [5.74, 6) is 0.335. The van der Waals surface area contributed by atoms with Crippen LogP contribution in [0.4, 0.5) is 5.82 Å². The van der Waals surface area contributed by atoms with Crippen LogP contribution in [0.1, 0.15) is 0 Å². The number of rotatable bonds is 4. The summed E-state index contributed by atoms with van der Waals surface area (Å²) in [7, 11) is 1.48. The van der Waals surface area contributed by atoms with Gasteiger partial charge in [-0.15, -0.1) is 0 Å². The lowest BCUT2D eigenvalue weighted by Crippen LogP contribution is -2.38. The lowest BCUT2D eigenvalue weighted by Gasteiger charge is -2.17. The van der Waals surface area contributed by atoms with E-state index in [4.69, 9.17) is 20.0 Å². The number of fused-ring (bicyclic) bond motifs is 1. The van der Waals surface area contributed by atoms with E-state index in [1.165, 1.54) is 18.2 Å². The largest absolute Gasteiger partial charge is 0.387 e. The summed E-state index contributed by atoms with van der Waals surface area (Å²) >= 11 is 2.08. The lowest BCUT2D eigenvalue weighted by molar-refractivity contribution is -0.169. The molecule has 22 heavy (non-hydrogen) atoms. The van der Waals surface area contributed by atoms with Crippen molar-refractivity contribution in [2.45, 2.75) is 24.6 Å². The minimum atomic E-state index is -1.20. The molecule has 2 aromatic rings. The number of anilines is 1. The van der Waals surface area contributed by atoms with Crippen LogP contribution in [0.25, 0.3) is 11.0 Å². The standard InChI is InChI=1S/C12H15IN4O5/c1-20-3-6-8(18)9(19)12(21-6)22-17-2-5(13)7-10(14)15-4-16-11(7)17/h2,4,6,8-9,12,18-19H,3H2,1H3,(H2,14,15,16)/t6-,8-,9-,12+/m1/s1. The van der Waals surface area contributed by atoms with Crippen LogP contribution < -0.4 is 10.6 Å². The first-order chi connectivity index (χ1) is 10.5. The Morgan fingerprint density at radius 3 is 2.91 bits per heavy atom. The number of hydrogen-bond donors (Lipinski definition) is 3. The molecule has 1 aliphatic rings. The quantitative estimate of drug-likeness (QED) is 0.544. The molecule has 2 aromatic heterocycles. The molecule has 0 aliphatic carbocycles. The van der Waals surface area contributed by atoms with Crippen LogP contribution in [0.5, 0.6) is 0 Å². The zero-order chi connectivity index (χ0) is 15.9. The second kappa shape index (κ2) is 6.12. The fourth-order valence-electron chi connectivity index (χ4n) is 2.31. The third-order valence-electron chi connectivity index (χ3n) is 3.40. The van der Waals surface area contributed by atoms with Crippen molar-refractivity contribution in [2.24, 2.45) is 0 Å². The third-order valence-corrected chi connectivity index (χ3v) is 4.22. The van der Waals surface area contributed by atoms with Crippen LogP contribution in [-0.4, -0.2) is 63.2 Å². The van der Waals surface area contributed by atoms with E-state index in [1.807, 2.05) is 0 Å². The SMILES string of the molecule is COC[C@H]1O[C@@H](On2cc(I)c3c(N)ncnc32)[C@H](O)[C@@H]1O. The van der Waals surface area contributed by atoms with Gasteiger partial charge in [0.2, 0.25) is 0 Å². The van der Waals surface area contributed by atoms with Gasteiger partial charge in [-0.25, -0.2) is 9.97 Å². The molecule has 9 nitrogen and oxygen atoms in total. The Morgan fingerprint density at radius 1 is 1.41 bits per heavy atom. The van der Waals surface area contributed by atoms with E-state index in [9.17, 15) is 10.2 Å². The molecule has 0 amide bonds. The second-order valence-electron chi connectivity index (χ2n) is 4.85. The normalized spacial score (nSPS) is 28.4. The van der Waals surface area contributed by atoms with Crippen molar-refractivity contribution >= 4 is 39.4 Å². The number of aliphatic hydroxyl groups is 2. The summed E-state index contributed by atoms with van der Waals surface area (Å²) < 4.78 is 12.6. The van der Waals surface area contributed by atoms with Crippen molar-refractivity contribution < 1.29 is 24.5 Å². The van der Waals surface area contributed by atoms with Crippen LogP contribution in [-0.2, 0) is 9.47 Å². The smallest absolute Gasteiger partial charge is 0.254 e. The fourth-order valence-corrected chi connectivity index (χ4v) is 3.08. The Kier molecular flexibility index (Phi) is 4.36. The molecule has 120 valence electrons. The zero-order valence-corrected chi connectivity index (χ0v) is 13.7. The van der Waals surface area contributed by atoms with Gasteiger partial charge < -0.3 is 30.3 Å². The number of nitrogens with zero attached hydrogens (tertiary/aromatic N) is 3. The molecule has 0 aromatic carbocycles. The average Bonchev–Trinajstić information content (AvgIpc) is 2.94. The van der Waals surface area contributed by atoms with Crippen molar-refractivity contribution in [3.05, 3.63) is 16.1 Å². The van der Waals surface area contributed by atoms with E-state index in [0.29, 0.717) is 16.9 Å². The number of hydrogen-bond acceptors (Lipinski definition) is 8. The molecule has 3 rings (SSSR count). The van der Waals surface area contributed by atoms with Crippen LogP contribution in [0.3, 0.4) is 0 Å². The van der Waals surface area contributed by atoms with Gasteiger partial charge in [0.05, 0.1) is 18.2 Å². The van der Waals surface area contributed by atoms with Gasteiger partial charge in [0.25, 0.3) is 6.29 Å². The van der Waals surface area contributed by atoms with Gasteiger partial charge in [-0.3, -0.25) is 0 Å². The van der Waals surface area contributed by atoms with Gasteiger partial charge in [-0.2, -0.15) is 4.73 Å². The Bertz CT molecular complexity index is 681. The minimum absolute atomic E-state index is 0.150. The molecular weight excluding hydrogens is 407 g/mol. The predicted molar refractivity (Wildman–Crippen MR) is 83.8 cm³/mol. The van der Waals surface area contributed by atoms with Gasteiger partial charge in [0.1, 0.15) is 30.5 Å². The topological polar surface area (TPSA) is 125 Å². The highest BCUT2D eigenvalue weighted by molar-refractivity contribution is 14.1. The molecule has 4 atom stereocenters. The molecule has 0 radical (unpaired) electrons. The Balaban J connectivity index is 1.86. The fraction of sp³-hybridized carbons (Fsp3) is 0.500. The first-order valence-electron chi connectivity index (χ1n) is 6.47. The Hall–Kier alpha value is -1.21. The molecule has 0 saturated carbocycles. The number of ether oxygens (including phenoxy) is 2. The summed E-state index contributed by atoms with van der Waals surface area (Å²) in [6.45, 7) is 0.150. The van der Waals surface area contributed by atoms with Crippen LogP contribution in [0.15, 0.2) is 12.5 Å². The molecule has 0 bridgehead atoms. The first-order valence-corrected chi connectivity index (χ1v) is 7.55. The van der Waals surface area contributed by atoms with Gasteiger partial charge in [0, 0.05) is 10.7 Å². The summed E-state index contributed by atoms with van der Waals surface area (Å²) in [5, 5.41) is 20.6. The highest BCUT2D eigenvalue weighted by atomic mass is 127. The predicted octanol–water partition coefficient (Wildman–Crippen LogP) is -0.860. The van der Waals surface area contributed by atoms with Crippen molar-refractivity contribution in [1.29, 1.82) is 0 Å². The van der Waals surface area contributed by atoms with E-state index < -0.39 is 24.6 Å². The molecule has 1 aliphatic heterocycles. The second-order valence-corrected chi connectivity index (χ2v) is 6.01. The molecular formula is C12H15IN4O5.